The Bertz CT molecular complexity index is 1310. The van der Waals surface area contributed by atoms with E-state index in [2.05, 4.69) is 5.32 Å². The lowest BCUT2D eigenvalue weighted by Crippen LogP contribution is -2.40. The third-order valence-corrected chi connectivity index (χ3v) is 8.27. The molecule has 3 aromatic rings. The molecule has 9 heteroatoms. The van der Waals surface area contributed by atoms with Crippen LogP contribution in [0.3, 0.4) is 0 Å². The average molecular weight is 553 g/mol. The van der Waals surface area contributed by atoms with Crippen molar-refractivity contribution in [3.8, 4) is 11.1 Å². The molecule has 39 heavy (non-hydrogen) atoms. The van der Waals surface area contributed by atoms with E-state index in [0.29, 0.717) is 11.5 Å². The summed E-state index contributed by atoms with van der Waals surface area (Å²) in [6.45, 7) is 12.4. The van der Waals surface area contributed by atoms with Gasteiger partial charge in [0.15, 0.2) is 5.78 Å². The van der Waals surface area contributed by atoms with E-state index in [1.54, 1.807) is 60.6 Å². The maximum absolute atomic E-state index is 14.8. The van der Waals surface area contributed by atoms with Crippen LogP contribution in [-0.2, 0) is 18.3 Å². The van der Waals surface area contributed by atoms with Gasteiger partial charge in [0.05, 0.1) is 24.2 Å². The summed E-state index contributed by atoms with van der Waals surface area (Å²) < 4.78 is 38.2. The number of hydrogen-bond donors (Lipinski definition) is 1. The van der Waals surface area contributed by atoms with Crippen LogP contribution in [0.15, 0.2) is 76.3 Å². The fraction of sp³-hybridized carbons (Fsp3) is 0.400. The van der Waals surface area contributed by atoms with Gasteiger partial charge in [-0.25, -0.2) is 4.79 Å². The van der Waals surface area contributed by atoms with Gasteiger partial charge in [-0.05, 0) is 71.7 Å². The minimum Gasteiger partial charge on any atom is -0.467 e. The molecular formula is C30H37N2O6P. The predicted molar refractivity (Wildman–Crippen MR) is 152 cm³/mol. The standard InChI is InChI=1S/C30H37N2O6P/c1-19(2)37-39(34,38-20(3)4)28(27(25-17-12-18-35-25)32-29(33)36-30(5,6)7)31-26-23-15-10-8-13-21(23)22-14-9-11-16-24(22)26/h8-20,27-28H,1-7H3,(H,32,33). The summed E-state index contributed by atoms with van der Waals surface area (Å²) in [4.78, 5) is 18.2. The Labute approximate surface area is 230 Å². The zero-order chi connectivity index (χ0) is 28.4. The molecule has 2 unspecified atom stereocenters. The molecule has 1 heterocycles. The lowest BCUT2D eigenvalue weighted by atomic mass is 10.1. The maximum Gasteiger partial charge on any atom is 0.408 e. The molecule has 0 aliphatic heterocycles. The number of nitrogens with zero attached hydrogens (tertiary/aromatic N) is 1. The van der Waals surface area contributed by atoms with Gasteiger partial charge in [-0.15, -0.1) is 0 Å². The Morgan fingerprint density at radius 2 is 1.36 bits per heavy atom. The van der Waals surface area contributed by atoms with E-state index in [-0.39, 0.29) is 0 Å². The smallest absolute Gasteiger partial charge is 0.408 e. The van der Waals surface area contributed by atoms with Crippen molar-refractivity contribution in [2.24, 2.45) is 4.99 Å². The third-order valence-electron chi connectivity index (χ3n) is 5.78. The average Bonchev–Trinajstić information content (AvgIpc) is 3.46. The first-order valence-electron chi connectivity index (χ1n) is 13.1. The predicted octanol–water partition coefficient (Wildman–Crippen LogP) is 7.73. The zero-order valence-corrected chi connectivity index (χ0v) is 24.4. The first kappa shape index (κ1) is 28.8. The van der Waals surface area contributed by atoms with E-state index in [1.807, 2.05) is 48.5 Å². The second-order valence-corrected chi connectivity index (χ2v) is 13.0. The Morgan fingerprint density at radius 1 is 0.846 bits per heavy atom. The molecule has 0 saturated carbocycles. The number of alkyl carbamates (subject to hydrolysis) is 1. The normalized spacial score (nSPS) is 14.6. The van der Waals surface area contributed by atoms with E-state index in [0.717, 1.165) is 22.3 Å². The highest BCUT2D eigenvalue weighted by Crippen LogP contribution is 2.59. The van der Waals surface area contributed by atoms with Crippen molar-refractivity contribution < 1.29 is 27.6 Å². The third kappa shape index (κ3) is 6.70. The van der Waals surface area contributed by atoms with Crippen LogP contribution in [0.5, 0.6) is 0 Å². The fourth-order valence-electron chi connectivity index (χ4n) is 4.53. The van der Waals surface area contributed by atoms with Gasteiger partial charge in [-0.2, -0.15) is 0 Å². The van der Waals surface area contributed by atoms with Crippen molar-refractivity contribution in [3.63, 3.8) is 0 Å². The largest absolute Gasteiger partial charge is 0.467 e. The van der Waals surface area contributed by atoms with Crippen LogP contribution in [0.2, 0.25) is 0 Å². The highest BCUT2D eigenvalue weighted by atomic mass is 31.2. The van der Waals surface area contributed by atoms with Crippen LogP contribution < -0.4 is 5.32 Å². The van der Waals surface area contributed by atoms with Gasteiger partial charge in [-0.3, -0.25) is 9.56 Å². The van der Waals surface area contributed by atoms with E-state index < -0.39 is 43.3 Å². The fourth-order valence-corrected chi connectivity index (χ4v) is 6.84. The molecule has 1 aliphatic carbocycles. The van der Waals surface area contributed by atoms with Crippen molar-refractivity contribution >= 4 is 19.4 Å². The van der Waals surface area contributed by atoms with Gasteiger partial charge in [0.1, 0.15) is 17.4 Å². The van der Waals surface area contributed by atoms with Gasteiger partial charge in [0, 0.05) is 11.1 Å². The number of hydrogen-bond acceptors (Lipinski definition) is 7. The van der Waals surface area contributed by atoms with Gasteiger partial charge in [0.2, 0.25) is 0 Å². The molecule has 1 N–H and O–H groups in total. The number of furan rings is 1. The topological polar surface area (TPSA) is 99.4 Å². The summed E-state index contributed by atoms with van der Waals surface area (Å²) in [5.74, 6) is -0.857. The number of rotatable bonds is 9. The molecule has 0 bridgehead atoms. The second-order valence-electron chi connectivity index (χ2n) is 11.0. The number of ether oxygens (including phenoxy) is 1. The molecule has 0 saturated heterocycles. The molecule has 1 aliphatic rings. The highest BCUT2D eigenvalue weighted by molar-refractivity contribution is 7.54. The molecule has 2 atom stereocenters. The molecule has 0 spiro atoms. The first-order chi connectivity index (χ1) is 18.4. The lowest BCUT2D eigenvalue weighted by Gasteiger charge is -2.33. The van der Waals surface area contributed by atoms with Crippen LogP contribution >= 0.6 is 7.60 Å². The molecule has 208 valence electrons. The van der Waals surface area contributed by atoms with E-state index in [9.17, 15) is 9.36 Å². The molecule has 1 amide bonds. The number of carbonyl (C=O) groups excluding carboxylic acids is 1. The van der Waals surface area contributed by atoms with Crippen LogP contribution in [-0.4, -0.2) is 35.4 Å². The van der Waals surface area contributed by atoms with E-state index >= 15 is 0 Å². The van der Waals surface area contributed by atoms with Gasteiger partial charge in [0.25, 0.3) is 0 Å². The Morgan fingerprint density at radius 3 is 1.79 bits per heavy atom. The van der Waals surface area contributed by atoms with E-state index in [4.69, 9.17) is 23.2 Å². The van der Waals surface area contributed by atoms with Gasteiger partial charge < -0.3 is 23.5 Å². The summed E-state index contributed by atoms with van der Waals surface area (Å²) in [6, 6.07) is 18.2. The molecule has 0 fully saturated rings. The second kappa shape index (κ2) is 11.5. The lowest BCUT2D eigenvalue weighted by molar-refractivity contribution is 0.0491. The summed E-state index contributed by atoms with van der Waals surface area (Å²) >= 11 is 0. The van der Waals surface area contributed by atoms with Crippen LogP contribution in [0.1, 0.15) is 71.4 Å². The quantitative estimate of drug-likeness (QED) is 0.213. The minimum absolute atomic E-state index is 0.342. The molecule has 0 radical (unpaired) electrons. The first-order valence-corrected chi connectivity index (χ1v) is 14.8. The number of carbonyl (C=O) groups is 1. The number of amides is 1. The summed E-state index contributed by atoms with van der Waals surface area (Å²) in [6.07, 6.45) is -0.110. The highest BCUT2D eigenvalue weighted by Gasteiger charge is 2.47. The van der Waals surface area contributed by atoms with Crippen molar-refractivity contribution in [1.82, 2.24) is 5.32 Å². The zero-order valence-electron chi connectivity index (χ0n) is 23.5. The van der Waals surface area contributed by atoms with Crippen LogP contribution in [0.25, 0.3) is 11.1 Å². The van der Waals surface area contributed by atoms with Crippen molar-refractivity contribution in [2.75, 3.05) is 0 Å². The SMILES string of the molecule is CC(C)OP(=O)(OC(C)C)C(N=C1c2ccccc2-c2ccccc21)C(NC(=O)OC(C)(C)C)c1ccco1. The van der Waals surface area contributed by atoms with Gasteiger partial charge in [-0.1, -0.05) is 48.5 Å². The number of fused-ring (bicyclic) bond motifs is 3. The monoisotopic (exact) mass is 552 g/mol. The van der Waals surface area contributed by atoms with E-state index in [1.165, 1.54) is 6.26 Å². The summed E-state index contributed by atoms with van der Waals surface area (Å²) in [5.41, 5.74) is 3.69. The Kier molecular flexibility index (Phi) is 8.50. The molecule has 8 nitrogen and oxygen atoms in total. The molecular weight excluding hydrogens is 515 g/mol. The number of benzene rings is 2. The number of aliphatic imine (C=N–C) groups is 1. The van der Waals surface area contributed by atoms with Crippen molar-refractivity contribution in [3.05, 3.63) is 83.8 Å². The number of nitrogens with one attached hydrogen (secondary N) is 1. The summed E-state index contributed by atoms with van der Waals surface area (Å²) in [5, 5.41) is 2.86. The molecule has 4 rings (SSSR count). The summed E-state index contributed by atoms with van der Waals surface area (Å²) in [7, 11) is -4.04. The molecule has 1 aromatic heterocycles. The van der Waals surface area contributed by atoms with Crippen LogP contribution in [0.4, 0.5) is 4.79 Å². The van der Waals surface area contributed by atoms with Crippen LogP contribution in [0, 0.1) is 0 Å². The minimum atomic E-state index is -4.04. The molecule has 2 aromatic carbocycles. The van der Waals surface area contributed by atoms with Crippen molar-refractivity contribution in [2.45, 2.75) is 78.1 Å². The Hall–Kier alpha value is -3.19. The Balaban J connectivity index is 1.94. The maximum atomic E-state index is 14.8. The van der Waals surface area contributed by atoms with Gasteiger partial charge >= 0.3 is 13.7 Å². The van der Waals surface area contributed by atoms with Crippen molar-refractivity contribution in [1.29, 1.82) is 0 Å².